The Hall–Kier alpha value is -2.87. The molecule has 8 heteroatoms. The fourth-order valence-corrected chi connectivity index (χ4v) is 2.97. The molecule has 1 saturated heterocycles. The third-order valence-corrected chi connectivity index (χ3v) is 4.32. The standard InChI is InChI=1S/C18H20N4O4/c1-3-22-8-13(7-19-22)26-17-10-24-9-15(17)21-18(23)12-4-5-14-16(6-12)25-11(2)20-14/h4-8,15,17H,3,9-10H2,1-2H3,(H,21,23)/t15-,17+/m0/s1. The van der Waals surface area contributed by atoms with Crippen LogP contribution in [0.5, 0.6) is 5.75 Å². The number of aromatic nitrogens is 3. The highest BCUT2D eigenvalue weighted by Gasteiger charge is 2.32. The van der Waals surface area contributed by atoms with Crippen molar-refractivity contribution in [2.45, 2.75) is 32.5 Å². The van der Waals surface area contributed by atoms with Crippen molar-refractivity contribution in [1.29, 1.82) is 0 Å². The second-order valence-corrected chi connectivity index (χ2v) is 6.22. The van der Waals surface area contributed by atoms with E-state index in [0.29, 0.717) is 36.0 Å². The number of carbonyl (C=O) groups excluding carboxylic acids is 1. The molecular weight excluding hydrogens is 336 g/mol. The van der Waals surface area contributed by atoms with Crippen LogP contribution in [0.1, 0.15) is 23.2 Å². The molecule has 0 unspecified atom stereocenters. The van der Waals surface area contributed by atoms with Gasteiger partial charge in [-0.15, -0.1) is 0 Å². The molecule has 1 aliphatic rings. The average molecular weight is 356 g/mol. The molecule has 26 heavy (non-hydrogen) atoms. The summed E-state index contributed by atoms with van der Waals surface area (Å²) in [4.78, 5) is 16.8. The molecule has 0 radical (unpaired) electrons. The number of benzene rings is 1. The Balaban J connectivity index is 1.44. The third-order valence-electron chi connectivity index (χ3n) is 4.32. The first-order valence-corrected chi connectivity index (χ1v) is 8.57. The lowest BCUT2D eigenvalue weighted by atomic mass is 10.1. The van der Waals surface area contributed by atoms with E-state index in [-0.39, 0.29) is 18.1 Å². The van der Waals surface area contributed by atoms with Gasteiger partial charge in [0.25, 0.3) is 5.91 Å². The van der Waals surface area contributed by atoms with E-state index in [9.17, 15) is 4.79 Å². The van der Waals surface area contributed by atoms with Gasteiger partial charge in [0.2, 0.25) is 0 Å². The number of aryl methyl sites for hydroxylation is 2. The summed E-state index contributed by atoms with van der Waals surface area (Å²) >= 11 is 0. The van der Waals surface area contributed by atoms with Gasteiger partial charge in [-0.25, -0.2) is 4.98 Å². The zero-order valence-corrected chi connectivity index (χ0v) is 14.6. The molecule has 1 aliphatic heterocycles. The van der Waals surface area contributed by atoms with Crippen LogP contribution < -0.4 is 10.1 Å². The van der Waals surface area contributed by atoms with Crippen LogP contribution in [0.15, 0.2) is 35.0 Å². The second kappa shape index (κ2) is 6.80. The van der Waals surface area contributed by atoms with Crippen molar-refractivity contribution in [2.75, 3.05) is 13.2 Å². The average Bonchev–Trinajstić information content (AvgIpc) is 3.34. The van der Waals surface area contributed by atoms with Gasteiger partial charge in [-0.1, -0.05) is 0 Å². The fourth-order valence-electron chi connectivity index (χ4n) is 2.97. The Kier molecular flexibility index (Phi) is 4.34. The highest BCUT2D eigenvalue weighted by Crippen LogP contribution is 2.19. The Labute approximate surface area is 150 Å². The van der Waals surface area contributed by atoms with Crippen LogP contribution >= 0.6 is 0 Å². The van der Waals surface area contributed by atoms with Gasteiger partial charge in [-0.05, 0) is 25.1 Å². The number of carbonyl (C=O) groups is 1. The molecule has 1 aromatic carbocycles. The SMILES string of the molecule is CCn1cc(O[C@@H]2COC[C@@H]2NC(=O)c2ccc3nc(C)oc3c2)cn1. The molecule has 0 saturated carbocycles. The van der Waals surface area contributed by atoms with Crippen molar-refractivity contribution in [2.24, 2.45) is 0 Å². The predicted molar refractivity (Wildman–Crippen MR) is 93.1 cm³/mol. The van der Waals surface area contributed by atoms with E-state index in [2.05, 4.69) is 15.4 Å². The molecule has 2 atom stereocenters. The minimum absolute atomic E-state index is 0.200. The summed E-state index contributed by atoms with van der Waals surface area (Å²) in [6.07, 6.45) is 3.24. The number of nitrogens with zero attached hydrogens (tertiary/aromatic N) is 3. The highest BCUT2D eigenvalue weighted by atomic mass is 16.5. The monoisotopic (exact) mass is 356 g/mol. The topological polar surface area (TPSA) is 91.4 Å². The second-order valence-electron chi connectivity index (χ2n) is 6.22. The van der Waals surface area contributed by atoms with Crippen LogP contribution in [0.25, 0.3) is 11.1 Å². The van der Waals surface area contributed by atoms with Crippen molar-refractivity contribution in [3.63, 3.8) is 0 Å². The first-order chi connectivity index (χ1) is 12.6. The summed E-state index contributed by atoms with van der Waals surface area (Å²) < 4.78 is 18.7. The fraction of sp³-hybridized carbons (Fsp3) is 0.389. The van der Waals surface area contributed by atoms with Crippen LogP contribution in [-0.2, 0) is 11.3 Å². The van der Waals surface area contributed by atoms with Gasteiger partial charge in [0.05, 0.1) is 31.6 Å². The van der Waals surface area contributed by atoms with Gasteiger partial charge in [0.1, 0.15) is 11.6 Å². The zero-order valence-electron chi connectivity index (χ0n) is 14.6. The van der Waals surface area contributed by atoms with Crippen molar-refractivity contribution in [1.82, 2.24) is 20.1 Å². The molecule has 2 aromatic heterocycles. The van der Waals surface area contributed by atoms with Crippen LogP contribution in [0.4, 0.5) is 0 Å². The molecule has 3 aromatic rings. The van der Waals surface area contributed by atoms with Gasteiger partial charge in [0, 0.05) is 19.0 Å². The van der Waals surface area contributed by atoms with E-state index in [4.69, 9.17) is 13.9 Å². The molecule has 4 rings (SSSR count). The summed E-state index contributed by atoms with van der Waals surface area (Å²) in [5.74, 6) is 1.04. The van der Waals surface area contributed by atoms with Crippen molar-refractivity contribution in [3.05, 3.63) is 42.0 Å². The quantitative estimate of drug-likeness (QED) is 0.751. The summed E-state index contributed by atoms with van der Waals surface area (Å²) in [6, 6.07) is 4.97. The maximum Gasteiger partial charge on any atom is 0.251 e. The summed E-state index contributed by atoms with van der Waals surface area (Å²) in [6.45, 7) is 5.38. The van der Waals surface area contributed by atoms with E-state index in [1.54, 1.807) is 36.0 Å². The lowest BCUT2D eigenvalue weighted by molar-refractivity contribution is 0.0904. The number of amides is 1. The number of hydrogen-bond acceptors (Lipinski definition) is 6. The summed E-state index contributed by atoms with van der Waals surface area (Å²) in [5, 5.41) is 7.17. The van der Waals surface area contributed by atoms with Gasteiger partial charge in [-0.2, -0.15) is 5.10 Å². The minimum atomic E-state index is -0.260. The van der Waals surface area contributed by atoms with E-state index >= 15 is 0 Å². The molecule has 1 fully saturated rings. The van der Waals surface area contributed by atoms with Gasteiger partial charge in [-0.3, -0.25) is 9.48 Å². The van der Waals surface area contributed by atoms with Crippen LogP contribution in [0, 0.1) is 6.92 Å². The molecule has 1 N–H and O–H groups in total. The predicted octanol–water partition coefficient (Wildman–Crippen LogP) is 1.93. The smallest absolute Gasteiger partial charge is 0.251 e. The molecule has 8 nitrogen and oxygen atoms in total. The Morgan fingerprint density at radius 2 is 2.31 bits per heavy atom. The normalized spacial score (nSPS) is 19.8. The van der Waals surface area contributed by atoms with E-state index in [1.807, 2.05) is 13.1 Å². The third kappa shape index (κ3) is 3.28. The van der Waals surface area contributed by atoms with E-state index in [1.165, 1.54) is 0 Å². The Morgan fingerprint density at radius 3 is 3.12 bits per heavy atom. The number of oxazole rings is 1. The zero-order chi connectivity index (χ0) is 18.1. The molecule has 0 aliphatic carbocycles. The molecule has 0 spiro atoms. The molecule has 1 amide bonds. The number of nitrogens with one attached hydrogen (secondary N) is 1. The largest absolute Gasteiger partial charge is 0.482 e. The highest BCUT2D eigenvalue weighted by molar-refractivity contribution is 5.97. The first-order valence-electron chi connectivity index (χ1n) is 8.57. The number of rotatable bonds is 5. The van der Waals surface area contributed by atoms with E-state index < -0.39 is 0 Å². The number of ether oxygens (including phenoxy) is 2. The molecule has 0 bridgehead atoms. The number of hydrogen-bond donors (Lipinski definition) is 1. The molecular formula is C18H20N4O4. The van der Waals surface area contributed by atoms with Crippen LogP contribution in [-0.4, -0.2) is 46.0 Å². The van der Waals surface area contributed by atoms with Crippen molar-refractivity contribution in [3.8, 4) is 5.75 Å². The maximum atomic E-state index is 12.6. The lowest BCUT2D eigenvalue weighted by Gasteiger charge is -2.19. The minimum Gasteiger partial charge on any atom is -0.482 e. The lowest BCUT2D eigenvalue weighted by Crippen LogP contribution is -2.45. The summed E-state index contributed by atoms with van der Waals surface area (Å²) in [7, 11) is 0. The van der Waals surface area contributed by atoms with Crippen LogP contribution in [0.2, 0.25) is 0 Å². The number of fused-ring (bicyclic) bond motifs is 1. The summed E-state index contributed by atoms with van der Waals surface area (Å²) in [5.41, 5.74) is 1.84. The first kappa shape index (κ1) is 16.6. The van der Waals surface area contributed by atoms with Gasteiger partial charge < -0.3 is 19.2 Å². The van der Waals surface area contributed by atoms with E-state index in [0.717, 1.165) is 12.1 Å². The van der Waals surface area contributed by atoms with Crippen molar-refractivity contribution >= 4 is 17.0 Å². The van der Waals surface area contributed by atoms with Crippen LogP contribution in [0.3, 0.4) is 0 Å². The Bertz CT molecular complexity index is 932. The van der Waals surface area contributed by atoms with Gasteiger partial charge in [0.15, 0.2) is 17.2 Å². The molecule has 3 heterocycles. The maximum absolute atomic E-state index is 12.6. The molecule has 136 valence electrons. The van der Waals surface area contributed by atoms with Gasteiger partial charge >= 0.3 is 0 Å². The van der Waals surface area contributed by atoms with Crippen molar-refractivity contribution < 1.29 is 18.7 Å². The Morgan fingerprint density at radius 1 is 1.42 bits per heavy atom.